The van der Waals surface area contributed by atoms with E-state index >= 15 is 0 Å². The monoisotopic (exact) mass is 384 g/mol. The standard InChI is InChI=1S/C21H28N4O3/c1-23(2)9-4-11-24-12-8-22-20(24)17-5-3-10-25(14-17)21(26)16-6-7-18-19(13-16)28-15-27-18/h6-8,12-13,17H,3-5,9-11,14-15H2,1-2H3/t17-/m1/s1. The molecule has 0 bridgehead atoms. The minimum absolute atomic E-state index is 0.0497. The number of aryl methyl sites for hydroxylation is 1. The number of fused-ring (bicyclic) bond motifs is 1. The van der Waals surface area contributed by atoms with Gasteiger partial charge < -0.3 is 23.8 Å². The summed E-state index contributed by atoms with van der Waals surface area (Å²) in [6.45, 7) is 3.72. The summed E-state index contributed by atoms with van der Waals surface area (Å²) >= 11 is 0. The molecule has 2 aliphatic heterocycles. The summed E-state index contributed by atoms with van der Waals surface area (Å²) in [6, 6.07) is 5.42. The van der Waals surface area contributed by atoms with E-state index in [0.717, 1.165) is 44.7 Å². The number of amides is 1. The van der Waals surface area contributed by atoms with Gasteiger partial charge in [-0.15, -0.1) is 0 Å². The molecule has 150 valence electrons. The number of piperidine rings is 1. The van der Waals surface area contributed by atoms with Crippen molar-refractivity contribution in [2.45, 2.75) is 31.7 Å². The van der Waals surface area contributed by atoms with Crippen molar-refractivity contribution < 1.29 is 14.3 Å². The molecule has 1 amide bonds. The van der Waals surface area contributed by atoms with Crippen LogP contribution in [0, 0.1) is 0 Å². The molecule has 1 atom stereocenters. The highest BCUT2D eigenvalue weighted by molar-refractivity contribution is 5.95. The predicted molar refractivity (Wildman–Crippen MR) is 106 cm³/mol. The van der Waals surface area contributed by atoms with Crippen molar-refractivity contribution in [1.82, 2.24) is 19.4 Å². The molecule has 1 saturated heterocycles. The first-order chi connectivity index (χ1) is 13.6. The molecule has 1 fully saturated rings. The molecule has 0 saturated carbocycles. The van der Waals surface area contributed by atoms with Gasteiger partial charge >= 0.3 is 0 Å². The van der Waals surface area contributed by atoms with Gasteiger partial charge in [-0.25, -0.2) is 4.98 Å². The van der Waals surface area contributed by atoms with Gasteiger partial charge in [-0.05, 0) is 58.1 Å². The Balaban J connectivity index is 1.43. The van der Waals surface area contributed by atoms with Gasteiger partial charge in [0.25, 0.3) is 5.91 Å². The minimum atomic E-state index is 0.0497. The van der Waals surface area contributed by atoms with E-state index in [-0.39, 0.29) is 18.6 Å². The van der Waals surface area contributed by atoms with Crippen LogP contribution < -0.4 is 9.47 Å². The van der Waals surface area contributed by atoms with Crippen LogP contribution in [0.2, 0.25) is 0 Å². The van der Waals surface area contributed by atoms with E-state index < -0.39 is 0 Å². The molecule has 0 spiro atoms. The maximum Gasteiger partial charge on any atom is 0.254 e. The highest BCUT2D eigenvalue weighted by Crippen LogP contribution is 2.33. The summed E-state index contributed by atoms with van der Waals surface area (Å²) in [4.78, 5) is 21.8. The van der Waals surface area contributed by atoms with Crippen LogP contribution in [0.3, 0.4) is 0 Å². The Kier molecular flexibility index (Phi) is 5.52. The van der Waals surface area contributed by atoms with Crippen molar-refractivity contribution in [1.29, 1.82) is 0 Å². The molecule has 2 aromatic rings. The fraction of sp³-hybridized carbons (Fsp3) is 0.524. The average molecular weight is 384 g/mol. The van der Waals surface area contributed by atoms with E-state index in [1.54, 1.807) is 6.07 Å². The summed E-state index contributed by atoms with van der Waals surface area (Å²) < 4.78 is 13.0. The van der Waals surface area contributed by atoms with Crippen molar-refractivity contribution >= 4 is 5.91 Å². The molecule has 0 radical (unpaired) electrons. The van der Waals surface area contributed by atoms with Gasteiger partial charge in [0.15, 0.2) is 11.5 Å². The first kappa shape index (κ1) is 18.8. The third-order valence-electron chi connectivity index (χ3n) is 5.45. The molecule has 1 aromatic heterocycles. The Morgan fingerprint density at radius 2 is 2.14 bits per heavy atom. The summed E-state index contributed by atoms with van der Waals surface area (Å²) in [5.41, 5.74) is 0.652. The summed E-state index contributed by atoms with van der Waals surface area (Å²) in [6.07, 6.45) is 7.08. The lowest BCUT2D eigenvalue weighted by molar-refractivity contribution is 0.0703. The second-order valence-corrected chi connectivity index (χ2v) is 7.79. The van der Waals surface area contributed by atoms with Gasteiger partial charge in [-0.3, -0.25) is 4.79 Å². The smallest absolute Gasteiger partial charge is 0.254 e. The van der Waals surface area contributed by atoms with Gasteiger partial charge in [0.1, 0.15) is 5.82 Å². The first-order valence-electron chi connectivity index (χ1n) is 9.96. The van der Waals surface area contributed by atoms with Crippen LogP contribution in [0.4, 0.5) is 0 Å². The first-order valence-corrected chi connectivity index (χ1v) is 9.96. The summed E-state index contributed by atoms with van der Waals surface area (Å²) in [5.74, 6) is 2.78. The van der Waals surface area contributed by atoms with E-state index in [9.17, 15) is 4.79 Å². The molecule has 4 rings (SSSR count). The fourth-order valence-corrected chi connectivity index (χ4v) is 4.01. The number of imidazole rings is 1. The Morgan fingerprint density at radius 3 is 3.00 bits per heavy atom. The van der Waals surface area contributed by atoms with Crippen molar-refractivity contribution in [2.24, 2.45) is 0 Å². The number of rotatable bonds is 6. The third kappa shape index (κ3) is 3.99. The Morgan fingerprint density at radius 1 is 1.29 bits per heavy atom. The van der Waals surface area contributed by atoms with E-state index in [4.69, 9.17) is 9.47 Å². The summed E-state index contributed by atoms with van der Waals surface area (Å²) in [7, 11) is 4.19. The number of hydrogen-bond acceptors (Lipinski definition) is 5. The van der Waals surface area contributed by atoms with Crippen LogP contribution >= 0.6 is 0 Å². The molecule has 2 aliphatic rings. The van der Waals surface area contributed by atoms with Gasteiger partial charge in [0.05, 0.1) is 0 Å². The maximum atomic E-state index is 13.0. The SMILES string of the molecule is CN(C)CCCn1ccnc1[C@@H]1CCCN(C(=O)c2ccc3c(c2)OCO3)C1. The zero-order valence-electron chi connectivity index (χ0n) is 16.6. The Bertz CT molecular complexity index is 833. The topological polar surface area (TPSA) is 59.8 Å². The molecule has 0 aliphatic carbocycles. The van der Waals surface area contributed by atoms with Gasteiger partial charge in [0, 0.05) is 43.5 Å². The van der Waals surface area contributed by atoms with Gasteiger partial charge in [-0.2, -0.15) is 0 Å². The minimum Gasteiger partial charge on any atom is -0.454 e. The number of likely N-dealkylation sites (tertiary alicyclic amines) is 1. The van der Waals surface area contributed by atoms with E-state index in [2.05, 4.69) is 34.7 Å². The van der Waals surface area contributed by atoms with Crippen LogP contribution in [-0.2, 0) is 6.54 Å². The van der Waals surface area contributed by atoms with Crippen LogP contribution in [0.15, 0.2) is 30.6 Å². The van der Waals surface area contributed by atoms with Crippen molar-refractivity contribution in [2.75, 3.05) is 40.5 Å². The highest BCUT2D eigenvalue weighted by atomic mass is 16.7. The Labute approximate surface area is 165 Å². The second-order valence-electron chi connectivity index (χ2n) is 7.79. The lowest BCUT2D eigenvalue weighted by atomic mass is 9.96. The second kappa shape index (κ2) is 8.22. The molecular formula is C21H28N4O3. The molecule has 28 heavy (non-hydrogen) atoms. The molecule has 0 N–H and O–H groups in total. The average Bonchev–Trinajstić information content (AvgIpc) is 3.36. The molecule has 7 nitrogen and oxygen atoms in total. The lowest BCUT2D eigenvalue weighted by Gasteiger charge is -2.33. The van der Waals surface area contributed by atoms with Crippen LogP contribution in [-0.4, -0.2) is 65.8 Å². The number of carbonyl (C=O) groups is 1. The number of nitrogens with zero attached hydrogens (tertiary/aromatic N) is 4. The van der Waals surface area contributed by atoms with Gasteiger partial charge in [0.2, 0.25) is 6.79 Å². The van der Waals surface area contributed by atoms with Crippen LogP contribution in [0.1, 0.15) is 41.4 Å². The lowest BCUT2D eigenvalue weighted by Crippen LogP contribution is -2.39. The molecule has 1 aromatic carbocycles. The van der Waals surface area contributed by atoms with Crippen molar-refractivity contribution in [3.63, 3.8) is 0 Å². The molecule has 3 heterocycles. The van der Waals surface area contributed by atoms with Gasteiger partial charge in [-0.1, -0.05) is 0 Å². The number of hydrogen-bond donors (Lipinski definition) is 0. The zero-order valence-corrected chi connectivity index (χ0v) is 16.6. The largest absolute Gasteiger partial charge is 0.454 e. The predicted octanol–water partition coefficient (Wildman–Crippen LogP) is 2.58. The molecular weight excluding hydrogens is 356 g/mol. The van der Waals surface area contributed by atoms with Crippen LogP contribution in [0.5, 0.6) is 11.5 Å². The normalized spacial score (nSPS) is 18.7. The number of aromatic nitrogens is 2. The highest BCUT2D eigenvalue weighted by Gasteiger charge is 2.28. The molecule has 7 heteroatoms. The number of ether oxygens (including phenoxy) is 2. The molecule has 0 unspecified atom stereocenters. The van der Waals surface area contributed by atoms with E-state index in [1.165, 1.54) is 0 Å². The quantitative estimate of drug-likeness (QED) is 0.766. The number of carbonyl (C=O) groups excluding carboxylic acids is 1. The fourth-order valence-electron chi connectivity index (χ4n) is 4.01. The Hall–Kier alpha value is -2.54. The van der Waals surface area contributed by atoms with E-state index in [0.29, 0.717) is 23.6 Å². The third-order valence-corrected chi connectivity index (χ3v) is 5.45. The van der Waals surface area contributed by atoms with E-state index in [1.807, 2.05) is 23.2 Å². The zero-order chi connectivity index (χ0) is 19.5. The van der Waals surface area contributed by atoms with Crippen molar-refractivity contribution in [3.8, 4) is 11.5 Å². The maximum absolute atomic E-state index is 13.0. The van der Waals surface area contributed by atoms with Crippen molar-refractivity contribution in [3.05, 3.63) is 42.0 Å². The number of benzene rings is 1. The van der Waals surface area contributed by atoms with Crippen LogP contribution in [0.25, 0.3) is 0 Å². The summed E-state index contributed by atoms with van der Waals surface area (Å²) in [5, 5.41) is 0.